The van der Waals surface area contributed by atoms with Crippen molar-refractivity contribution in [2.75, 3.05) is 18.4 Å². The van der Waals surface area contributed by atoms with E-state index < -0.39 is 0 Å². The zero-order chi connectivity index (χ0) is 18.1. The van der Waals surface area contributed by atoms with Gasteiger partial charge in [-0.3, -0.25) is 9.78 Å². The van der Waals surface area contributed by atoms with Gasteiger partial charge in [-0.05, 0) is 38.8 Å². The number of carbonyl (C=O) groups is 1. The first-order valence-electron chi connectivity index (χ1n) is 8.74. The molecule has 0 radical (unpaired) electrons. The topological polar surface area (TPSA) is 83.9 Å². The lowest BCUT2D eigenvalue weighted by molar-refractivity contribution is 0.0789. The van der Waals surface area contributed by atoms with Gasteiger partial charge in [0.1, 0.15) is 4.70 Å². The molecule has 0 saturated carbocycles. The van der Waals surface area contributed by atoms with Crippen molar-refractivity contribution < 1.29 is 4.79 Å². The Hall–Kier alpha value is -2.61. The predicted octanol–water partition coefficient (Wildman–Crippen LogP) is 3.20. The van der Waals surface area contributed by atoms with E-state index >= 15 is 0 Å². The molecule has 1 aliphatic heterocycles. The van der Waals surface area contributed by atoms with E-state index in [1.54, 1.807) is 6.20 Å². The molecule has 1 fully saturated rings. The fourth-order valence-corrected chi connectivity index (χ4v) is 3.95. The molecule has 4 heterocycles. The summed E-state index contributed by atoms with van der Waals surface area (Å²) in [7, 11) is 0. The quantitative estimate of drug-likeness (QED) is 0.761. The third-order valence-corrected chi connectivity index (χ3v) is 5.40. The van der Waals surface area contributed by atoms with E-state index in [1.807, 2.05) is 36.9 Å². The summed E-state index contributed by atoms with van der Waals surface area (Å²) in [6, 6.07) is 5.68. The number of hydrogen-bond acceptors (Lipinski definition) is 7. The lowest BCUT2D eigenvalue weighted by Crippen LogP contribution is -2.29. The number of rotatable bonds is 4. The minimum absolute atomic E-state index is 0.0351. The highest BCUT2D eigenvalue weighted by atomic mass is 32.1. The second-order valence-electron chi connectivity index (χ2n) is 6.40. The Kier molecular flexibility index (Phi) is 4.50. The number of thiazole rings is 1. The van der Waals surface area contributed by atoms with Crippen molar-refractivity contribution >= 4 is 33.5 Å². The largest absolute Gasteiger partial charge is 0.346 e. The van der Waals surface area contributed by atoms with E-state index in [0.29, 0.717) is 17.3 Å². The predicted molar refractivity (Wildman–Crippen MR) is 101 cm³/mol. The van der Waals surface area contributed by atoms with Crippen LogP contribution in [0, 0.1) is 6.92 Å². The molecule has 26 heavy (non-hydrogen) atoms. The highest BCUT2D eigenvalue weighted by Crippen LogP contribution is 2.27. The van der Waals surface area contributed by atoms with E-state index in [1.165, 1.54) is 11.3 Å². The fraction of sp³-hybridized carbons (Fsp3) is 0.389. The third kappa shape index (κ3) is 3.24. The van der Waals surface area contributed by atoms with Crippen LogP contribution in [-0.2, 0) is 0 Å². The number of aromatic nitrogens is 4. The second-order valence-corrected chi connectivity index (χ2v) is 7.60. The molecule has 0 bridgehead atoms. The number of nitrogens with one attached hydrogen (secondary N) is 1. The first-order valence-corrected chi connectivity index (χ1v) is 9.55. The Balaban J connectivity index is 1.70. The zero-order valence-electron chi connectivity index (χ0n) is 14.8. The summed E-state index contributed by atoms with van der Waals surface area (Å²) in [6.45, 7) is 5.48. The molecule has 8 heteroatoms. The molecule has 3 aromatic heterocycles. The number of fused-ring (bicyclic) bond motifs is 1. The van der Waals surface area contributed by atoms with Crippen molar-refractivity contribution in [3.05, 3.63) is 40.8 Å². The Morgan fingerprint density at radius 3 is 2.77 bits per heavy atom. The van der Waals surface area contributed by atoms with Crippen LogP contribution in [0.15, 0.2) is 24.4 Å². The first kappa shape index (κ1) is 16.8. The van der Waals surface area contributed by atoms with Gasteiger partial charge in [0.25, 0.3) is 5.91 Å². The molecule has 1 aliphatic rings. The number of nitrogens with zero attached hydrogens (tertiary/aromatic N) is 5. The monoisotopic (exact) mass is 368 g/mol. The number of carbonyl (C=O) groups excluding carboxylic acids is 1. The van der Waals surface area contributed by atoms with Gasteiger partial charge >= 0.3 is 0 Å². The van der Waals surface area contributed by atoms with Crippen LogP contribution >= 0.6 is 11.3 Å². The molecule has 4 rings (SSSR count). The van der Waals surface area contributed by atoms with E-state index in [9.17, 15) is 4.79 Å². The van der Waals surface area contributed by atoms with Crippen molar-refractivity contribution in [2.24, 2.45) is 0 Å². The van der Waals surface area contributed by atoms with Crippen molar-refractivity contribution in [3.8, 4) is 0 Å². The van der Waals surface area contributed by atoms with Crippen LogP contribution in [0.5, 0.6) is 0 Å². The van der Waals surface area contributed by atoms with Crippen molar-refractivity contribution in [1.29, 1.82) is 0 Å². The summed E-state index contributed by atoms with van der Waals surface area (Å²) in [6.07, 6.45) is 3.84. The summed E-state index contributed by atoms with van der Waals surface area (Å²) in [5.74, 6) is 0.371. The second kappa shape index (κ2) is 6.95. The van der Waals surface area contributed by atoms with Gasteiger partial charge in [0.15, 0.2) is 11.3 Å². The Morgan fingerprint density at radius 2 is 2.04 bits per heavy atom. The summed E-state index contributed by atoms with van der Waals surface area (Å²) < 4.78 is 0.760. The van der Waals surface area contributed by atoms with Gasteiger partial charge in [0, 0.05) is 19.3 Å². The minimum Gasteiger partial charge on any atom is -0.346 e. The van der Waals surface area contributed by atoms with Crippen molar-refractivity contribution in [2.45, 2.75) is 32.7 Å². The number of pyridine rings is 1. The fourth-order valence-electron chi connectivity index (χ4n) is 3.11. The molecule has 1 unspecified atom stereocenters. The highest BCUT2D eigenvalue weighted by molar-refractivity contribution is 7.18. The standard InChI is InChI=1S/C18H20N6OS/c1-11(13-7-3-4-8-19-13)20-18-22-14(17(25)24-9-5-6-10-24)15-16(23-18)21-12(2)26-15/h3-4,7-8,11H,5-6,9-10H2,1-2H3,(H,20,22,23). The maximum atomic E-state index is 13.0. The van der Waals surface area contributed by atoms with E-state index in [4.69, 9.17) is 0 Å². The zero-order valence-corrected chi connectivity index (χ0v) is 15.6. The van der Waals surface area contributed by atoms with Crippen LogP contribution in [0.25, 0.3) is 10.3 Å². The molecule has 1 N–H and O–H groups in total. The molecule has 0 aromatic carbocycles. The number of amides is 1. The molecule has 3 aromatic rings. The van der Waals surface area contributed by atoms with E-state index in [-0.39, 0.29) is 11.9 Å². The summed E-state index contributed by atoms with van der Waals surface area (Å²) in [5, 5.41) is 4.13. The van der Waals surface area contributed by atoms with Crippen LogP contribution in [0.4, 0.5) is 5.95 Å². The highest BCUT2D eigenvalue weighted by Gasteiger charge is 2.25. The van der Waals surface area contributed by atoms with Gasteiger partial charge in [-0.1, -0.05) is 6.07 Å². The first-order chi connectivity index (χ1) is 12.6. The van der Waals surface area contributed by atoms with Gasteiger partial charge in [-0.2, -0.15) is 4.98 Å². The Morgan fingerprint density at radius 1 is 1.23 bits per heavy atom. The Labute approximate surface area is 155 Å². The van der Waals surface area contributed by atoms with Gasteiger partial charge in [0.05, 0.1) is 16.7 Å². The van der Waals surface area contributed by atoms with E-state index in [0.717, 1.165) is 41.3 Å². The molecule has 0 spiro atoms. The van der Waals surface area contributed by atoms with Crippen LogP contribution in [-0.4, -0.2) is 43.8 Å². The maximum Gasteiger partial charge on any atom is 0.274 e. The molecule has 134 valence electrons. The van der Waals surface area contributed by atoms with Crippen LogP contribution in [0.2, 0.25) is 0 Å². The smallest absolute Gasteiger partial charge is 0.274 e. The average Bonchev–Trinajstić information content (AvgIpc) is 3.30. The van der Waals surface area contributed by atoms with Crippen molar-refractivity contribution in [1.82, 2.24) is 24.8 Å². The molecule has 1 amide bonds. The Bertz CT molecular complexity index is 936. The molecule has 1 atom stereocenters. The maximum absolute atomic E-state index is 13.0. The summed E-state index contributed by atoms with van der Waals surface area (Å²) in [4.78, 5) is 32.7. The van der Waals surface area contributed by atoms with Gasteiger partial charge < -0.3 is 10.2 Å². The summed E-state index contributed by atoms with van der Waals surface area (Å²) in [5.41, 5.74) is 1.90. The molecule has 7 nitrogen and oxygen atoms in total. The lowest BCUT2D eigenvalue weighted by atomic mass is 10.2. The number of likely N-dealkylation sites (tertiary alicyclic amines) is 1. The van der Waals surface area contributed by atoms with E-state index in [2.05, 4.69) is 25.3 Å². The third-order valence-electron chi connectivity index (χ3n) is 4.43. The summed E-state index contributed by atoms with van der Waals surface area (Å²) >= 11 is 1.47. The van der Waals surface area contributed by atoms with Gasteiger partial charge in [-0.25, -0.2) is 9.97 Å². The van der Waals surface area contributed by atoms with Crippen LogP contribution in [0.3, 0.4) is 0 Å². The number of anilines is 1. The average molecular weight is 368 g/mol. The lowest BCUT2D eigenvalue weighted by Gasteiger charge is -2.17. The molecular weight excluding hydrogens is 348 g/mol. The molecular formula is C18H20N6OS. The number of hydrogen-bond donors (Lipinski definition) is 1. The minimum atomic E-state index is -0.0804. The van der Waals surface area contributed by atoms with Gasteiger partial charge in [0.2, 0.25) is 5.95 Å². The van der Waals surface area contributed by atoms with Crippen LogP contribution in [0.1, 0.15) is 47.0 Å². The van der Waals surface area contributed by atoms with Crippen LogP contribution < -0.4 is 5.32 Å². The normalized spacial score (nSPS) is 15.4. The van der Waals surface area contributed by atoms with Gasteiger partial charge in [-0.15, -0.1) is 11.3 Å². The van der Waals surface area contributed by atoms with Crippen molar-refractivity contribution in [3.63, 3.8) is 0 Å². The molecule has 1 saturated heterocycles. The molecule has 0 aliphatic carbocycles. The SMILES string of the molecule is Cc1nc2nc(NC(C)c3ccccn3)nc(C(=O)N3CCCC3)c2s1. The number of aryl methyl sites for hydroxylation is 1.